The summed E-state index contributed by atoms with van der Waals surface area (Å²) in [5.41, 5.74) is 16.6. The maximum atomic E-state index is 13.5. The Morgan fingerprint density at radius 2 is 1.87 bits per heavy atom. The number of phenolic OH excluding ortho intramolecular Hbond substituents is 2. The Balaban J connectivity index is 1.06. The van der Waals surface area contributed by atoms with E-state index in [0.717, 1.165) is 118 Å². The Morgan fingerprint density at radius 3 is 2.73 bits per heavy atom. The number of allylic oxidation sites excluding steroid dienone is 3. The maximum absolute atomic E-state index is 13.5. The SMILES string of the molecule is CNC[C@@H]1C[C@H]2N[C@@H](c3c(O)c4c(c5c3CC#CC3=C(C=CC(N)N3)C[C@H]3CC[C@]6(Cc7cc(O)cc(OC)c7-c7ccc8c(c76)O[C@H]5[C@H]8COC(C)=O)C3)C=C[C@@H]3N[C@@H]5CCC[C@H](CSSC[C@@H]3O4)C5)CC[C@@H]2CC1=O. The molecule has 406 valence electrons. The number of rotatable bonds is 6. The van der Waals surface area contributed by atoms with Crippen LogP contribution in [-0.2, 0) is 32.6 Å². The number of ketones is 1. The van der Waals surface area contributed by atoms with Crippen LogP contribution in [0, 0.1) is 35.5 Å². The fourth-order valence-electron chi connectivity index (χ4n) is 15.8. The van der Waals surface area contributed by atoms with Gasteiger partial charge in [-0.1, -0.05) is 64.3 Å². The van der Waals surface area contributed by atoms with Crippen molar-refractivity contribution in [3.05, 3.63) is 92.7 Å². The van der Waals surface area contributed by atoms with Crippen LogP contribution in [0.1, 0.15) is 141 Å². The van der Waals surface area contributed by atoms with Crippen molar-refractivity contribution < 1.29 is 38.7 Å². The quantitative estimate of drug-likeness (QED) is 0.0704. The van der Waals surface area contributed by atoms with Gasteiger partial charge in [-0.2, -0.15) is 0 Å². The Hall–Kier alpha value is -5.08. The first kappa shape index (κ1) is 51.4. The molecule has 3 aromatic rings. The van der Waals surface area contributed by atoms with Gasteiger partial charge in [-0.25, -0.2) is 0 Å². The van der Waals surface area contributed by atoms with Crippen LogP contribution in [0.3, 0.4) is 0 Å². The molecule has 6 aliphatic heterocycles. The summed E-state index contributed by atoms with van der Waals surface area (Å²) in [5.74, 6) is 11.8. The third kappa shape index (κ3) is 9.34. The first-order chi connectivity index (χ1) is 37.4. The Kier molecular flexibility index (Phi) is 13.9. The van der Waals surface area contributed by atoms with Gasteiger partial charge in [-0.15, -0.1) is 0 Å². The van der Waals surface area contributed by atoms with Gasteiger partial charge in [0.15, 0.2) is 11.5 Å². The number of phenols is 2. The predicted octanol–water partition coefficient (Wildman–Crippen LogP) is 9.09. The van der Waals surface area contributed by atoms with Crippen molar-refractivity contribution in [2.45, 2.75) is 151 Å². The first-order valence-electron chi connectivity index (χ1n) is 28.5. The number of piperidine rings is 1. The summed E-state index contributed by atoms with van der Waals surface area (Å²) in [7, 11) is 7.37. The van der Waals surface area contributed by atoms with Crippen LogP contribution >= 0.6 is 21.6 Å². The van der Waals surface area contributed by atoms with Gasteiger partial charge < -0.3 is 56.2 Å². The molecule has 6 bridgehead atoms. The van der Waals surface area contributed by atoms with Gasteiger partial charge in [0, 0.05) is 107 Å². The molecule has 6 heterocycles. The van der Waals surface area contributed by atoms with E-state index in [4.69, 9.17) is 24.7 Å². The monoisotopic (exact) mass is 1080 g/mol. The molecule has 1 spiro atoms. The fraction of sp³-hybridized carbons (Fsp3) is 0.548. The Labute approximate surface area is 460 Å². The average Bonchev–Trinajstić information content (AvgIpc) is 4.17. The van der Waals surface area contributed by atoms with Crippen LogP contribution in [0.5, 0.6) is 28.7 Å². The molecule has 3 aromatic carbocycles. The molecule has 5 fully saturated rings. The van der Waals surface area contributed by atoms with Crippen LogP contribution in [0.25, 0.3) is 17.2 Å². The van der Waals surface area contributed by atoms with Crippen molar-refractivity contribution >= 4 is 39.4 Å². The van der Waals surface area contributed by atoms with Gasteiger partial charge in [0.25, 0.3) is 0 Å². The molecule has 15 heteroatoms. The van der Waals surface area contributed by atoms with Crippen LogP contribution in [0.2, 0.25) is 0 Å². The number of methoxy groups -OCH3 is 1. The number of fused-ring (bicyclic) bond motifs is 12. The molecule has 10 aliphatic rings. The second-order valence-electron chi connectivity index (χ2n) is 23.9. The van der Waals surface area contributed by atoms with Crippen LogP contribution in [-0.4, -0.2) is 91.2 Å². The van der Waals surface area contributed by atoms with E-state index in [1.54, 1.807) is 13.2 Å². The lowest BCUT2D eigenvalue weighted by Crippen LogP contribution is -2.50. The number of nitrogens with two attached hydrogens (primary N) is 1. The predicted molar refractivity (Wildman–Crippen MR) is 302 cm³/mol. The molecule has 0 aromatic heterocycles. The van der Waals surface area contributed by atoms with E-state index in [9.17, 15) is 19.8 Å². The van der Waals surface area contributed by atoms with Gasteiger partial charge >= 0.3 is 5.97 Å². The second kappa shape index (κ2) is 20.9. The van der Waals surface area contributed by atoms with Crippen molar-refractivity contribution in [2.75, 3.05) is 38.8 Å². The van der Waals surface area contributed by atoms with Gasteiger partial charge in [-0.3, -0.25) is 9.59 Å². The lowest BCUT2D eigenvalue weighted by molar-refractivity contribution is -0.142. The summed E-state index contributed by atoms with van der Waals surface area (Å²) in [4.78, 5) is 26.6. The topological polar surface area (TPSA) is 186 Å². The zero-order chi connectivity index (χ0) is 52.7. The summed E-state index contributed by atoms with van der Waals surface area (Å²) < 4.78 is 27.6. The summed E-state index contributed by atoms with van der Waals surface area (Å²) in [6, 6.07) is 7.96. The summed E-state index contributed by atoms with van der Waals surface area (Å²) in [6.45, 7) is 2.15. The van der Waals surface area contributed by atoms with Crippen LogP contribution in [0.15, 0.2) is 53.8 Å². The molecule has 0 amide bonds. The minimum absolute atomic E-state index is 0.0588. The van der Waals surface area contributed by atoms with Crippen molar-refractivity contribution in [2.24, 2.45) is 29.4 Å². The molecule has 13 atom stereocenters. The smallest absolute Gasteiger partial charge is 0.302 e. The van der Waals surface area contributed by atoms with Crippen LogP contribution < -0.4 is 41.2 Å². The van der Waals surface area contributed by atoms with E-state index in [2.05, 4.69) is 63.5 Å². The highest BCUT2D eigenvalue weighted by atomic mass is 33.1. The molecule has 77 heavy (non-hydrogen) atoms. The third-order valence-corrected chi connectivity index (χ3v) is 21.7. The van der Waals surface area contributed by atoms with E-state index < -0.39 is 18.2 Å². The van der Waals surface area contributed by atoms with Crippen molar-refractivity contribution in [1.29, 1.82) is 0 Å². The number of hydrogen-bond acceptors (Lipinski definition) is 15. The van der Waals surface area contributed by atoms with Crippen molar-refractivity contribution in [3.63, 3.8) is 0 Å². The Bertz CT molecular complexity index is 3060. The number of aromatic hydroxyl groups is 2. The number of carbonyl (C=O) groups is 2. The van der Waals surface area contributed by atoms with Crippen molar-refractivity contribution in [1.82, 2.24) is 21.3 Å². The molecule has 0 radical (unpaired) electrons. The molecular formula is C62H73N5O8S2. The molecule has 2 saturated heterocycles. The number of esters is 1. The molecular weight excluding hydrogens is 1010 g/mol. The van der Waals surface area contributed by atoms with E-state index in [1.165, 1.54) is 19.8 Å². The zero-order valence-corrected chi connectivity index (χ0v) is 46.1. The Morgan fingerprint density at radius 1 is 0.987 bits per heavy atom. The molecule has 13 rings (SSSR count). The van der Waals surface area contributed by atoms with E-state index in [0.29, 0.717) is 73.1 Å². The largest absolute Gasteiger partial charge is 0.508 e. The number of hydrogen-bond donors (Lipinski definition) is 7. The number of carbonyl (C=O) groups excluding carboxylic acids is 2. The fourth-order valence-corrected chi connectivity index (χ4v) is 18.4. The van der Waals surface area contributed by atoms with E-state index >= 15 is 0 Å². The zero-order valence-electron chi connectivity index (χ0n) is 44.5. The average molecular weight is 1080 g/mol. The number of dihydropyridines is 1. The van der Waals surface area contributed by atoms with Crippen molar-refractivity contribution in [3.8, 4) is 51.7 Å². The minimum atomic E-state index is -0.701. The minimum Gasteiger partial charge on any atom is -0.508 e. The van der Waals surface area contributed by atoms with E-state index in [-0.39, 0.29) is 72.0 Å². The number of benzene rings is 3. The first-order valence-corrected chi connectivity index (χ1v) is 30.9. The van der Waals surface area contributed by atoms with E-state index in [1.807, 2.05) is 40.8 Å². The highest BCUT2D eigenvalue weighted by Crippen LogP contribution is 2.64. The molecule has 8 N–H and O–H groups in total. The molecule has 4 aliphatic carbocycles. The van der Waals surface area contributed by atoms with Crippen LogP contribution in [0.4, 0.5) is 0 Å². The molecule has 1 unspecified atom stereocenters. The van der Waals surface area contributed by atoms with Gasteiger partial charge in [0.2, 0.25) is 0 Å². The highest BCUT2D eigenvalue weighted by molar-refractivity contribution is 8.76. The third-order valence-electron chi connectivity index (χ3n) is 19.2. The maximum Gasteiger partial charge on any atom is 0.302 e. The number of Topliss-reactive ketones (excluding diaryl/α,β-unsaturated/α-hetero) is 1. The van der Waals surface area contributed by atoms with Gasteiger partial charge in [0.05, 0.1) is 30.9 Å². The number of nitrogens with one attached hydrogen (secondary N) is 4. The lowest BCUT2D eigenvalue weighted by atomic mass is 9.65. The standard InChI is InChI=1S/C62H73N5O8S2/c1-32(68)73-29-45-41-12-13-43-54-37(22-40(69)25-51(54)72-3)27-62-19-18-33(26-62)20-35-11-17-53(63)67-46(35)9-5-8-42-55(59(45)75-60(41)57(43)62)44-14-16-47-52(31-77-76-30-34-6-4-7-39(21-34)65-47)74-61(44)58(71)56(42)48-15-10-36-24-50(70)38(28-64-2)23-49(36)66-48/h11-14,16-17,22,25,33-34,36,38-39,45,47-49,52-53,59,64-67,69,71H,4,6-8,10,15,18-21,23-24,26-31,63H2,1-3H3/t33-,34+,36-,38+,39-,45+,47+,48-,49-,52+,53?,59+,62-/m1/s1. The highest BCUT2D eigenvalue weighted by Gasteiger charge is 2.52. The van der Waals surface area contributed by atoms with Gasteiger partial charge in [-0.05, 0) is 136 Å². The lowest BCUT2D eigenvalue weighted by Gasteiger charge is -2.43. The van der Waals surface area contributed by atoms with Gasteiger partial charge in [0.1, 0.15) is 41.8 Å². The second-order valence-corrected chi connectivity index (χ2v) is 26.5. The molecule has 13 nitrogen and oxygen atoms in total. The summed E-state index contributed by atoms with van der Waals surface area (Å²) in [6.07, 6.45) is 19.2. The summed E-state index contributed by atoms with van der Waals surface area (Å²) >= 11 is 0. The summed E-state index contributed by atoms with van der Waals surface area (Å²) in [5, 5.41) is 39.6. The molecule has 3 saturated carbocycles. The number of ether oxygens (including phenoxy) is 4. The normalized spacial score (nSPS) is 33.5.